The average Bonchev–Trinajstić information content (AvgIpc) is 2.92. The van der Waals surface area contributed by atoms with E-state index in [0.717, 1.165) is 32.7 Å². The largest absolute Gasteiger partial charge is 0.298 e. The van der Waals surface area contributed by atoms with Gasteiger partial charge in [0.1, 0.15) is 5.54 Å². The molecule has 1 saturated carbocycles. The van der Waals surface area contributed by atoms with Gasteiger partial charge >= 0.3 is 0 Å². The van der Waals surface area contributed by atoms with Crippen LogP contribution in [0.1, 0.15) is 5.56 Å². The molecule has 22 heavy (non-hydrogen) atoms. The molecule has 3 atom stereocenters. The van der Waals surface area contributed by atoms with Gasteiger partial charge in [-0.2, -0.15) is 5.26 Å². The predicted molar refractivity (Wildman–Crippen MR) is 89.0 cm³/mol. The van der Waals surface area contributed by atoms with E-state index in [9.17, 15) is 5.26 Å². The Bertz CT molecular complexity index is 564. The third-order valence-corrected chi connectivity index (χ3v) is 5.07. The highest BCUT2D eigenvalue weighted by atomic mass is 15.3. The third kappa shape index (κ3) is 2.39. The molecule has 0 bridgehead atoms. The summed E-state index contributed by atoms with van der Waals surface area (Å²) in [5.74, 6) is 0.919. The molecule has 1 aliphatic carbocycles. The second-order valence-electron chi connectivity index (χ2n) is 6.31. The summed E-state index contributed by atoms with van der Waals surface area (Å²) in [7, 11) is 0. The molecule has 1 heterocycles. The zero-order chi connectivity index (χ0) is 15.6. The molecular weight excluding hydrogens is 270 g/mol. The van der Waals surface area contributed by atoms with E-state index in [-0.39, 0.29) is 5.54 Å². The van der Waals surface area contributed by atoms with Crippen LogP contribution in [-0.2, 0) is 6.54 Å². The van der Waals surface area contributed by atoms with E-state index in [2.05, 4.69) is 53.3 Å². The Labute approximate surface area is 133 Å². The summed E-state index contributed by atoms with van der Waals surface area (Å²) >= 11 is 0. The highest BCUT2D eigenvalue weighted by molar-refractivity contribution is 5.34. The monoisotopic (exact) mass is 293 g/mol. The summed E-state index contributed by atoms with van der Waals surface area (Å²) in [6.07, 6.45) is 3.77. The van der Waals surface area contributed by atoms with Crippen molar-refractivity contribution in [2.24, 2.45) is 11.8 Å². The molecule has 0 spiro atoms. The molecule has 3 heteroatoms. The van der Waals surface area contributed by atoms with E-state index in [4.69, 9.17) is 0 Å². The lowest BCUT2D eigenvalue weighted by atomic mass is 10.1. The molecule has 1 saturated heterocycles. The van der Waals surface area contributed by atoms with Crippen LogP contribution in [0.5, 0.6) is 0 Å². The summed E-state index contributed by atoms with van der Waals surface area (Å²) in [6.45, 7) is 12.2. The van der Waals surface area contributed by atoms with Crippen molar-refractivity contribution < 1.29 is 0 Å². The van der Waals surface area contributed by atoms with E-state index < -0.39 is 0 Å². The Balaban J connectivity index is 1.65. The van der Waals surface area contributed by atoms with Gasteiger partial charge in [-0.15, -0.1) is 13.2 Å². The SMILES string of the molecule is C=CCN(CC=C)C1(C#N)[C@@H]2CN(Cc3ccccc3)C[C@@H]21. The van der Waals surface area contributed by atoms with Crippen molar-refractivity contribution in [1.29, 1.82) is 5.26 Å². The number of hydrogen-bond donors (Lipinski definition) is 0. The predicted octanol–water partition coefficient (Wildman–Crippen LogP) is 2.68. The maximum atomic E-state index is 9.78. The number of hydrogen-bond acceptors (Lipinski definition) is 3. The van der Waals surface area contributed by atoms with Crippen molar-refractivity contribution in [3.8, 4) is 6.07 Å². The van der Waals surface area contributed by atoms with Crippen molar-refractivity contribution in [1.82, 2.24) is 9.80 Å². The van der Waals surface area contributed by atoms with E-state index in [1.54, 1.807) is 0 Å². The fraction of sp³-hybridized carbons (Fsp3) is 0.421. The molecule has 3 rings (SSSR count). The van der Waals surface area contributed by atoms with Crippen LogP contribution in [0.25, 0.3) is 0 Å². The van der Waals surface area contributed by atoms with Crippen LogP contribution < -0.4 is 0 Å². The minimum absolute atomic E-state index is 0.296. The fourth-order valence-electron chi connectivity index (χ4n) is 4.05. The van der Waals surface area contributed by atoms with Crippen LogP contribution >= 0.6 is 0 Å². The third-order valence-electron chi connectivity index (χ3n) is 5.07. The number of likely N-dealkylation sites (tertiary alicyclic amines) is 1. The van der Waals surface area contributed by atoms with Crippen LogP contribution in [0.2, 0.25) is 0 Å². The standard InChI is InChI=1S/C19H23N3/c1-3-10-22(11-4-2)19(15-20)17-13-21(14-18(17)19)12-16-8-6-5-7-9-16/h3-9,17-18H,1-2,10-14H2/t17-,18+,19?. The molecule has 1 unspecified atom stereocenters. The molecule has 1 aromatic rings. The van der Waals surface area contributed by atoms with Gasteiger partial charge in [0.15, 0.2) is 0 Å². The van der Waals surface area contributed by atoms with Crippen LogP contribution in [0.3, 0.4) is 0 Å². The lowest BCUT2D eigenvalue weighted by Gasteiger charge is -2.31. The van der Waals surface area contributed by atoms with Crippen LogP contribution in [0, 0.1) is 23.2 Å². The normalized spacial score (nSPS) is 29.8. The fourth-order valence-corrected chi connectivity index (χ4v) is 4.05. The van der Waals surface area contributed by atoms with Crippen molar-refractivity contribution in [2.75, 3.05) is 26.2 Å². The van der Waals surface area contributed by atoms with Crippen molar-refractivity contribution in [3.63, 3.8) is 0 Å². The second kappa shape index (κ2) is 6.08. The molecule has 2 aliphatic rings. The first kappa shape index (κ1) is 15.0. The zero-order valence-electron chi connectivity index (χ0n) is 13.0. The van der Waals surface area contributed by atoms with Crippen molar-refractivity contribution >= 4 is 0 Å². The van der Waals surface area contributed by atoms with Gasteiger partial charge in [-0.25, -0.2) is 0 Å². The molecule has 0 amide bonds. The second-order valence-corrected chi connectivity index (χ2v) is 6.31. The highest BCUT2D eigenvalue weighted by Crippen LogP contribution is 2.58. The maximum Gasteiger partial charge on any atom is 0.118 e. The quantitative estimate of drug-likeness (QED) is 0.724. The topological polar surface area (TPSA) is 30.3 Å². The van der Waals surface area contributed by atoms with Gasteiger partial charge in [-0.1, -0.05) is 42.5 Å². The number of fused-ring (bicyclic) bond motifs is 1. The van der Waals surface area contributed by atoms with Gasteiger partial charge in [0.05, 0.1) is 6.07 Å². The summed E-state index contributed by atoms with van der Waals surface area (Å²) < 4.78 is 0. The number of nitrogens with zero attached hydrogens (tertiary/aromatic N) is 3. The van der Waals surface area contributed by atoms with Crippen LogP contribution in [0.4, 0.5) is 0 Å². The smallest absolute Gasteiger partial charge is 0.118 e. The van der Waals surface area contributed by atoms with Gasteiger partial charge in [0, 0.05) is 44.6 Å². The molecule has 3 nitrogen and oxygen atoms in total. The molecule has 0 aromatic heterocycles. The van der Waals surface area contributed by atoms with Gasteiger partial charge in [-0.3, -0.25) is 9.80 Å². The minimum atomic E-state index is -0.296. The van der Waals surface area contributed by atoms with Crippen molar-refractivity contribution in [3.05, 3.63) is 61.2 Å². The molecule has 2 fully saturated rings. The van der Waals surface area contributed by atoms with Crippen molar-refractivity contribution in [2.45, 2.75) is 12.1 Å². The van der Waals surface area contributed by atoms with E-state index >= 15 is 0 Å². The summed E-state index contributed by atoms with van der Waals surface area (Å²) in [5.41, 5.74) is 1.05. The molecule has 0 N–H and O–H groups in total. The Kier molecular flexibility index (Phi) is 4.15. The lowest BCUT2D eigenvalue weighted by molar-refractivity contribution is 0.181. The van der Waals surface area contributed by atoms with Crippen LogP contribution in [0.15, 0.2) is 55.6 Å². The average molecular weight is 293 g/mol. The first-order valence-corrected chi connectivity index (χ1v) is 7.90. The van der Waals surface area contributed by atoms with E-state index in [1.807, 2.05) is 18.2 Å². The van der Waals surface area contributed by atoms with Crippen LogP contribution in [-0.4, -0.2) is 41.5 Å². The molecule has 114 valence electrons. The van der Waals surface area contributed by atoms with E-state index in [1.165, 1.54) is 5.56 Å². The maximum absolute atomic E-state index is 9.78. The molecule has 0 radical (unpaired) electrons. The summed E-state index contributed by atoms with van der Waals surface area (Å²) in [6, 6.07) is 13.2. The molecule has 1 aliphatic heterocycles. The Morgan fingerprint density at radius 3 is 2.27 bits per heavy atom. The number of rotatable bonds is 7. The Morgan fingerprint density at radius 2 is 1.77 bits per heavy atom. The molecule has 1 aromatic carbocycles. The highest BCUT2D eigenvalue weighted by Gasteiger charge is 2.71. The molecular formula is C19H23N3. The van der Waals surface area contributed by atoms with Gasteiger partial charge < -0.3 is 0 Å². The number of nitriles is 1. The first-order valence-electron chi connectivity index (χ1n) is 7.90. The van der Waals surface area contributed by atoms with E-state index in [0.29, 0.717) is 11.8 Å². The first-order chi connectivity index (χ1) is 10.8. The van der Waals surface area contributed by atoms with Gasteiger partial charge in [0.25, 0.3) is 0 Å². The summed E-state index contributed by atoms with van der Waals surface area (Å²) in [4.78, 5) is 4.71. The number of piperidine rings is 1. The lowest BCUT2D eigenvalue weighted by Crippen LogP contribution is -2.44. The number of benzene rings is 1. The Hall–Kier alpha value is -1.89. The van der Waals surface area contributed by atoms with Gasteiger partial charge in [-0.05, 0) is 5.56 Å². The van der Waals surface area contributed by atoms with Gasteiger partial charge in [0.2, 0.25) is 0 Å². The zero-order valence-corrected chi connectivity index (χ0v) is 13.0. The minimum Gasteiger partial charge on any atom is -0.298 e. The summed E-state index contributed by atoms with van der Waals surface area (Å²) in [5, 5.41) is 9.78. The Morgan fingerprint density at radius 1 is 1.18 bits per heavy atom.